The summed E-state index contributed by atoms with van der Waals surface area (Å²) < 4.78 is 0. The van der Waals surface area contributed by atoms with Gasteiger partial charge in [-0.1, -0.05) is 30.3 Å². The first-order valence-corrected chi connectivity index (χ1v) is 8.95. The van der Waals surface area contributed by atoms with Crippen LogP contribution in [0.3, 0.4) is 0 Å². The Balaban J connectivity index is 0.00000140. The van der Waals surface area contributed by atoms with E-state index in [9.17, 15) is 4.79 Å². The molecule has 2 atom stereocenters. The molecular formula is C20H25Cl2N5O. The molecule has 0 spiro atoms. The highest BCUT2D eigenvalue weighted by atomic mass is 35.5. The van der Waals surface area contributed by atoms with Gasteiger partial charge in [-0.25, -0.2) is 4.98 Å². The second-order valence-corrected chi connectivity index (χ2v) is 7.08. The number of carbonyl (C=O) groups excluding carboxylic acids is 1. The fraction of sp³-hybridized carbons (Fsp3) is 0.350. The zero-order valence-electron chi connectivity index (χ0n) is 15.9. The van der Waals surface area contributed by atoms with Crippen LogP contribution < -0.4 is 5.73 Å². The molecule has 6 nitrogen and oxygen atoms in total. The highest BCUT2D eigenvalue weighted by molar-refractivity contribution is 6.06. The molecule has 3 N–H and O–H groups in total. The molecule has 8 heteroatoms. The van der Waals surface area contributed by atoms with Crippen LogP contribution in [0, 0.1) is 19.8 Å². The number of hydrogen-bond acceptors (Lipinski definition) is 4. The predicted molar refractivity (Wildman–Crippen MR) is 115 cm³/mol. The van der Waals surface area contributed by atoms with Crippen molar-refractivity contribution in [3.63, 3.8) is 0 Å². The first-order chi connectivity index (χ1) is 12.6. The van der Waals surface area contributed by atoms with Crippen LogP contribution in [0.25, 0.3) is 11.0 Å². The molecule has 0 bridgehead atoms. The van der Waals surface area contributed by atoms with Gasteiger partial charge in [0.15, 0.2) is 5.65 Å². The highest BCUT2D eigenvalue weighted by Gasteiger charge is 2.36. The predicted octanol–water partition coefficient (Wildman–Crippen LogP) is 3.23. The van der Waals surface area contributed by atoms with Crippen LogP contribution in [0.1, 0.15) is 33.2 Å². The topological polar surface area (TPSA) is 87.9 Å². The van der Waals surface area contributed by atoms with Crippen molar-refractivity contribution in [1.29, 1.82) is 0 Å². The molecular weight excluding hydrogens is 397 g/mol. The summed E-state index contributed by atoms with van der Waals surface area (Å²) in [5.41, 5.74) is 10.2. The van der Waals surface area contributed by atoms with Gasteiger partial charge in [0, 0.05) is 30.4 Å². The van der Waals surface area contributed by atoms with Crippen LogP contribution in [0.5, 0.6) is 0 Å². The number of benzene rings is 1. The molecule has 28 heavy (non-hydrogen) atoms. The largest absolute Gasteiger partial charge is 0.338 e. The number of fused-ring (bicyclic) bond motifs is 1. The van der Waals surface area contributed by atoms with E-state index in [1.165, 1.54) is 5.56 Å². The summed E-state index contributed by atoms with van der Waals surface area (Å²) in [6, 6.07) is 12.2. The van der Waals surface area contributed by atoms with Crippen molar-refractivity contribution >= 4 is 41.8 Å². The SMILES string of the molecule is Cc1cc(C(=O)N2C[C@@H](CN)[C@H](c3ccccc3)C2)c2c(C)[nH]nc2n1.Cl.Cl. The third kappa shape index (κ3) is 3.85. The Morgan fingerprint density at radius 3 is 2.61 bits per heavy atom. The van der Waals surface area contributed by atoms with Gasteiger partial charge >= 0.3 is 0 Å². The molecule has 3 aromatic rings. The number of H-pyrrole nitrogens is 1. The maximum Gasteiger partial charge on any atom is 0.254 e. The number of nitrogens with two attached hydrogens (primary N) is 1. The lowest BCUT2D eigenvalue weighted by atomic mass is 9.89. The summed E-state index contributed by atoms with van der Waals surface area (Å²) in [5.74, 6) is 0.570. The van der Waals surface area contributed by atoms with Gasteiger partial charge in [-0.3, -0.25) is 9.89 Å². The number of halogens is 2. The lowest BCUT2D eigenvalue weighted by Gasteiger charge is -2.17. The van der Waals surface area contributed by atoms with E-state index in [1.54, 1.807) is 0 Å². The van der Waals surface area contributed by atoms with Crippen LogP contribution >= 0.6 is 24.8 Å². The number of rotatable bonds is 3. The van der Waals surface area contributed by atoms with Crippen molar-refractivity contribution in [2.45, 2.75) is 19.8 Å². The third-order valence-corrected chi connectivity index (χ3v) is 5.32. The van der Waals surface area contributed by atoms with E-state index in [1.807, 2.05) is 43.0 Å². The number of nitrogens with zero attached hydrogens (tertiary/aromatic N) is 3. The number of aromatic amines is 1. The van der Waals surface area contributed by atoms with E-state index in [-0.39, 0.29) is 42.6 Å². The molecule has 1 aliphatic rings. The number of hydrogen-bond donors (Lipinski definition) is 2. The number of nitrogens with one attached hydrogen (secondary N) is 1. The summed E-state index contributed by atoms with van der Waals surface area (Å²) >= 11 is 0. The van der Waals surface area contributed by atoms with E-state index < -0.39 is 0 Å². The molecule has 150 valence electrons. The zero-order valence-corrected chi connectivity index (χ0v) is 17.5. The number of carbonyl (C=O) groups is 1. The monoisotopic (exact) mass is 421 g/mol. The van der Waals surface area contributed by atoms with E-state index in [0.717, 1.165) is 16.8 Å². The molecule has 0 saturated carbocycles. The summed E-state index contributed by atoms with van der Waals surface area (Å²) in [4.78, 5) is 19.7. The maximum atomic E-state index is 13.3. The molecule has 1 aliphatic heterocycles. The molecule has 1 amide bonds. The molecule has 1 fully saturated rings. The lowest BCUT2D eigenvalue weighted by molar-refractivity contribution is 0.0788. The molecule has 4 rings (SSSR count). The first kappa shape index (κ1) is 22.1. The Labute approximate surface area is 176 Å². The number of pyridine rings is 1. The molecule has 1 saturated heterocycles. The van der Waals surface area contributed by atoms with Crippen molar-refractivity contribution in [1.82, 2.24) is 20.1 Å². The number of aryl methyl sites for hydroxylation is 2. The van der Waals surface area contributed by atoms with Gasteiger partial charge in [0.05, 0.1) is 10.9 Å². The van der Waals surface area contributed by atoms with Gasteiger partial charge in [-0.2, -0.15) is 5.10 Å². The van der Waals surface area contributed by atoms with Crippen LogP contribution in [-0.2, 0) is 0 Å². The molecule has 0 radical (unpaired) electrons. The molecule has 2 aromatic heterocycles. The van der Waals surface area contributed by atoms with Gasteiger partial charge in [0.25, 0.3) is 5.91 Å². The minimum absolute atomic E-state index is 0. The number of amides is 1. The quantitative estimate of drug-likeness (QED) is 0.679. The van der Waals surface area contributed by atoms with Crippen molar-refractivity contribution < 1.29 is 4.79 Å². The normalized spacial score (nSPS) is 18.6. The minimum atomic E-state index is 0. The molecule has 1 aromatic carbocycles. The fourth-order valence-electron chi connectivity index (χ4n) is 3.99. The van der Waals surface area contributed by atoms with Crippen molar-refractivity contribution in [3.05, 3.63) is 58.9 Å². The maximum absolute atomic E-state index is 13.3. The zero-order chi connectivity index (χ0) is 18.3. The Morgan fingerprint density at radius 2 is 1.93 bits per heavy atom. The van der Waals surface area contributed by atoms with Gasteiger partial charge in [-0.05, 0) is 37.9 Å². The second-order valence-electron chi connectivity index (χ2n) is 7.08. The van der Waals surface area contributed by atoms with E-state index >= 15 is 0 Å². The fourth-order valence-corrected chi connectivity index (χ4v) is 3.99. The standard InChI is InChI=1S/C20H23N5O.2ClH/c1-12-8-16(18-13(2)23-24-19(18)22-12)20(26)25-10-15(9-21)17(11-25)14-6-4-3-5-7-14;;/h3-8,15,17H,9-11,21H2,1-2H3,(H,22,23,24);2*1H/t15-,17+;;/m1../s1. The lowest BCUT2D eigenvalue weighted by Crippen LogP contribution is -2.30. The van der Waals surface area contributed by atoms with Crippen molar-refractivity contribution in [2.75, 3.05) is 19.6 Å². The van der Waals surface area contributed by atoms with Gasteiger partial charge in [-0.15, -0.1) is 24.8 Å². The van der Waals surface area contributed by atoms with Gasteiger partial charge in [0.2, 0.25) is 0 Å². The van der Waals surface area contributed by atoms with Gasteiger partial charge in [0.1, 0.15) is 0 Å². The van der Waals surface area contributed by atoms with Gasteiger partial charge < -0.3 is 10.6 Å². The Bertz CT molecular complexity index is 960. The van der Waals surface area contributed by atoms with E-state index in [2.05, 4.69) is 27.3 Å². The van der Waals surface area contributed by atoms with Crippen molar-refractivity contribution in [2.24, 2.45) is 11.7 Å². The van der Waals surface area contributed by atoms with Crippen LogP contribution in [0.2, 0.25) is 0 Å². The first-order valence-electron chi connectivity index (χ1n) is 8.95. The summed E-state index contributed by atoms with van der Waals surface area (Å²) in [5, 5.41) is 7.97. The Kier molecular flexibility index (Phi) is 7.04. The average Bonchev–Trinajstić information content (AvgIpc) is 3.25. The van der Waals surface area contributed by atoms with E-state index in [0.29, 0.717) is 30.8 Å². The van der Waals surface area contributed by atoms with Crippen molar-refractivity contribution in [3.8, 4) is 0 Å². The second kappa shape index (κ2) is 8.90. The van der Waals surface area contributed by atoms with Crippen LogP contribution in [-0.4, -0.2) is 45.6 Å². The number of aromatic nitrogens is 3. The van der Waals surface area contributed by atoms with E-state index in [4.69, 9.17) is 5.73 Å². The van der Waals surface area contributed by atoms with Crippen LogP contribution in [0.4, 0.5) is 0 Å². The molecule has 0 unspecified atom stereocenters. The highest BCUT2D eigenvalue weighted by Crippen LogP contribution is 2.33. The summed E-state index contributed by atoms with van der Waals surface area (Å²) in [6.07, 6.45) is 0. The summed E-state index contributed by atoms with van der Waals surface area (Å²) in [6.45, 7) is 5.74. The number of likely N-dealkylation sites (tertiary alicyclic amines) is 1. The Morgan fingerprint density at radius 1 is 1.21 bits per heavy atom. The minimum Gasteiger partial charge on any atom is -0.338 e. The smallest absolute Gasteiger partial charge is 0.254 e. The molecule has 3 heterocycles. The average molecular weight is 422 g/mol. The molecule has 0 aliphatic carbocycles. The summed E-state index contributed by atoms with van der Waals surface area (Å²) in [7, 11) is 0. The van der Waals surface area contributed by atoms with Crippen LogP contribution in [0.15, 0.2) is 36.4 Å². The Hall–Kier alpha value is -2.15. The third-order valence-electron chi connectivity index (χ3n) is 5.32.